The second-order valence-corrected chi connectivity index (χ2v) is 5.90. The lowest BCUT2D eigenvalue weighted by Crippen LogP contribution is -2.37. The molecule has 0 spiro atoms. The van der Waals surface area contributed by atoms with Crippen LogP contribution in [0.15, 0.2) is 30.5 Å². The van der Waals surface area contributed by atoms with Crippen LogP contribution < -0.4 is 10.2 Å². The van der Waals surface area contributed by atoms with E-state index in [2.05, 4.69) is 15.3 Å². The summed E-state index contributed by atoms with van der Waals surface area (Å²) < 4.78 is 44.0. The summed E-state index contributed by atoms with van der Waals surface area (Å²) in [6.07, 6.45) is -3.19. The van der Waals surface area contributed by atoms with Crippen molar-refractivity contribution in [3.05, 3.63) is 46.7 Å². The van der Waals surface area contributed by atoms with Gasteiger partial charge >= 0.3 is 6.18 Å². The van der Waals surface area contributed by atoms with Crippen molar-refractivity contribution < 1.29 is 22.7 Å². The second kappa shape index (κ2) is 7.46. The van der Waals surface area contributed by atoms with Crippen LogP contribution in [0, 0.1) is 0 Å². The number of rotatable bonds is 3. The van der Waals surface area contributed by atoms with Crippen molar-refractivity contribution in [2.24, 2.45) is 0 Å². The van der Waals surface area contributed by atoms with Crippen LogP contribution in [-0.4, -0.2) is 42.2 Å². The van der Waals surface area contributed by atoms with Crippen LogP contribution in [0.1, 0.15) is 16.1 Å². The zero-order valence-corrected chi connectivity index (χ0v) is 14.1. The summed E-state index contributed by atoms with van der Waals surface area (Å²) in [4.78, 5) is 22.5. The van der Waals surface area contributed by atoms with Crippen LogP contribution >= 0.6 is 11.6 Å². The largest absolute Gasteiger partial charge is 0.417 e. The molecule has 1 amide bonds. The number of carbonyl (C=O) groups is 1. The van der Waals surface area contributed by atoms with Gasteiger partial charge in [0.1, 0.15) is 5.69 Å². The summed E-state index contributed by atoms with van der Waals surface area (Å²) in [5, 5.41) is 1.96. The predicted octanol–water partition coefficient (Wildman–Crippen LogP) is 3.24. The molecule has 1 aromatic carbocycles. The molecule has 1 saturated heterocycles. The number of anilines is 2. The van der Waals surface area contributed by atoms with Crippen molar-refractivity contribution in [1.82, 2.24) is 9.97 Å². The van der Waals surface area contributed by atoms with Crippen molar-refractivity contribution in [2.45, 2.75) is 6.18 Å². The summed E-state index contributed by atoms with van der Waals surface area (Å²) in [6, 6.07) is 4.54. The van der Waals surface area contributed by atoms with Gasteiger partial charge < -0.3 is 15.0 Å². The van der Waals surface area contributed by atoms with Gasteiger partial charge in [0.15, 0.2) is 0 Å². The minimum Gasteiger partial charge on any atom is -0.378 e. The molecule has 1 aliphatic rings. The minimum absolute atomic E-state index is 0.0294. The van der Waals surface area contributed by atoms with Gasteiger partial charge in [0.05, 0.1) is 23.8 Å². The Morgan fingerprint density at radius 1 is 1.23 bits per heavy atom. The number of alkyl halides is 3. The summed E-state index contributed by atoms with van der Waals surface area (Å²) in [5.41, 5.74) is -1.00. The quantitative estimate of drug-likeness (QED) is 0.877. The van der Waals surface area contributed by atoms with Gasteiger partial charge in [0.2, 0.25) is 5.95 Å². The molecule has 0 saturated carbocycles. The number of benzene rings is 1. The topological polar surface area (TPSA) is 67.4 Å². The minimum atomic E-state index is -4.61. The van der Waals surface area contributed by atoms with Gasteiger partial charge in [-0.2, -0.15) is 13.2 Å². The molecular weight excluding hydrogens is 373 g/mol. The van der Waals surface area contributed by atoms with E-state index in [-0.39, 0.29) is 11.4 Å². The Morgan fingerprint density at radius 2 is 1.96 bits per heavy atom. The van der Waals surface area contributed by atoms with Gasteiger partial charge in [0.25, 0.3) is 5.91 Å². The first kappa shape index (κ1) is 18.4. The summed E-state index contributed by atoms with van der Waals surface area (Å²) in [7, 11) is 0. The number of hydrogen-bond acceptors (Lipinski definition) is 5. The van der Waals surface area contributed by atoms with Gasteiger partial charge in [0, 0.05) is 25.0 Å². The number of ether oxygens (including phenoxy) is 1. The van der Waals surface area contributed by atoms with E-state index >= 15 is 0 Å². The van der Waals surface area contributed by atoms with E-state index in [4.69, 9.17) is 16.3 Å². The van der Waals surface area contributed by atoms with E-state index in [1.165, 1.54) is 18.3 Å². The SMILES string of the molecule is O=C(Nc1ccc(Cl)c(C(F)(F)F)c1)c1ccnc(N2CCOCC2)n1. The van der Waals surface area contributed by atoms with Crippen LogP contribution in [0.4, 0.5) is 24.8 Å². The molecule has 3 rings (SSSR count). The van der Waals surface area contributed by atoms with Crippen molar-refractivity contribution >= 4 is 29.1 Å². The highest BCUT2D eigenvalue weighted by Crippen LogP contribution is 2.36. The van der Waals surface area contributed by atoms with Crippen molar-refractivity contribution in [1.29, 1.82) is 0 Å². The van der Waals surface area contributed by atoms with E-state index in [9.17, 15) is 18.0 Å². The fourth-order valence-corrected chi connectivity index (χ4v) is 2.63. The molecule has 1 fully saturated rings. The van der Waals surface area contributed by atoms with Crippen molar-refractivity contribution in [2.75, 3.05) is 36.5 Å². The third-order valence-corrected chi connectivity index (χ3v) is 4.03. The van der Waals surface area contributed by atoms with E-state index < -0.39 is 22.7 Å². The molecule has 138 valence electrons. The molecule has 1 aliphatic heterocycles. The number of morpholine rings is 1. The number of nitrogens with one attached hydrogen (secondary N) is 1. The summed E-state index contributed by atoms with van der Waals surface area (Å²) in [6.45, 7) is 2.25. The Balaban J connectivity index is 1.78. The summed E-state index contributed by atoms with van der Waals surface area (Å²) in [5.74, 6) is -0.273. The van der Waals surface area contributed by atoms with Gasteiger partial charge in [-0.05, 0) is 24.3 Å². The van der Waals surface area contributed by atoms with Crippen LogP contribution in [0.25, 0.3) is 0 Å². The molecule has 2 aromatic rings. The molecule has 2 heterocycles. The predicted molar refractivity (Wildman–Crippen MR) is 89.5 cm³/mol. The highest BCUT2D eigenvalue weighted by atomic mass is 35.5. The summed E-state index contributed by atoms with van der Waals surface area (Å²) >= 11 is 5.57. The maximum absolute atomic E-state index is 12.9. The Labute approximate surface area is 151 Å². The molecule has 0 aliphatic carbocycles. The monoisotopic (exact) mass is 386 g/mol. The number of hydrogen-bond donors (Lipinski definition) is 1. The number of aromatic nitrogens is 2. The second-order valence-electron chi connectivity index (χ2n) is 5.49. The number of halogens is 4. The third kappa shape index (κ3) is 4.23. The molecule has 0 radical (unpaired) electrons. The van der Waals surface area contributed by atoms with Gasteiger partial charge in [-0.25, -0.2) is 9.97 Å². The maximum atomic E-state index is 12.9. The number of carbonyl (C=O) groups excluding carboxylic acids is 1. The third-order valence-electron chi connectivity index (χ3n) is 3.70. The Hall–Kier alpha value is -2.39. The van der Waals surface area contributed by atoms with Crippen LogP contribution in [0.2, 0.25) is 5.02 Å². The Morgan fingerprint density at radius 3 is 2.65 bits per heavy atom. The lowest BCUT2D eigenvalue weighted by atomic mass is 10.2. The molecule has 0 unspecified atom stereocenters. The average Bonchev–Trinajstić information content (AvgIpc) is 2.63. The van der Waals surface area contributed by atoms with Crippen molar-refractivity contribution in [3.63, 3.8) is 0 Å². The van der Waals surface area contributed by atoms with Crippen LogP contribution in [-0.2, 0) is 10.9 Å². The Kier molecular flexibility index (Phi) is 5.28. The number of amides is 1. The highest BCUT2D eigenvalue weighted by Gasteiger charge is 2.33. The zero-order valence-electron chi connectivity index (χ0n) is 13.4. The highest BCUT2D eigenvalue weighted by molar-refractivity contribution is 6.31. The van der Waals surface area contributed by atoms with Crippen LogP contribution in [0.3, 0.4) is 0 Å². The lowest BCUT2D eigenvalue weighted by molar-refractivity contribution is -0.137. The standard InChI is InChI=1S/C16H14ClF3N4O2/c17-12-2-1-10(9-11(12)16(18,19)20)22-14(25)13-3-4-21-15(23-13)24-5-7-26-8-6-24/h1-4,9H,5-8H2,(H,22,25). The lowest BCUT2D eigenvalue weighted by Gasteiger charge is -2.26. The first-order valence-corrected chi connectivity index (χ1v) is 8.06. The molecule has 6 nitrogen and oxygen atoms in total. The normalized spacial score (nSPS) is 15.0. The van der Waals surface area contributed by atoms with E-state index in [0.717, 1.165) is 12.1 Å². The molecule has 0 atom stereocenters. The molecule has 1 N–H and O–H groups in total. The number of nitrogens with zero attached hydrogens (tertiary/aromatic N) is 3. The smallest absolute Gasteiger partial charge is 0.378 e. The van der Waals surface area contributed by atoms with Gasteiger partial charge in [-0.1, -0.05) is 11.6 Å². The Bertz CT molecular complexity index is 810. The van der Waals surface area contributed by atoms with Gasteiger partial charge in [-0.15, -0.1) is 0 Å². The fourth-order valence-electron chi connectivity index (χ4n) is 2.41. The molecular formula is C16H14ClF3N4O2. The van der Waals surface area contributed by atoms with E-state index in [1.54, 1.807) is 0 Å². The van der Waals surface area contributed by atoms with E-state index in [0.29, 0.717) is 32.3 Å². The van der Waals surface area contributed by atoms with E-state index in [1.807, 2.05) is 4.90 Å². The van der Waals surface area contributed by atoms with Crippen LogP contribution in [0.5, 0.6) is 0 Å². The first-order chi connectivity index (χ1) is 12.3. The molecule has 1 aromatic heterocycles. The zero-order chi connectivity index (χ0) is 18.7. The molecule has 10 heteroatoms. The van der Waals surface area contributed by atoms with Crippen molar-refractivity contribution in [3.8, 4) is 0 Å². The molecule has 26 heavy (non-hydrogen) atoms. The average molecular weight is 387 g/mol. The fraction of sp³-hybridized carbons (Fsp3) is 0.312. The van der Waals surface area contributed by atoms with Gasteiger partial charge in [-0.3, -0.25) is 4.79 Å². The maximum Gasteiger partial charge on any atom is 0.417 e. The first-order valence-electron chi connectivity index (χ1n) is 7.68. The molecule has 0 bridgehead atoms.